The summed E-state index contributed by atoms with van der Waals surface area (Å²) in [6.45, 7) is 12.2. The molecule has 9 heteroatoms. The zero-order chi connectivity index (χ0) is 30.4. The third kappa shape index (κ3) is 4.59. The average molecular weight is 589 g/mol. The van der Waals surface area contributed by atoms with Crippen LogP contribution in [0.2, 0.25) is 0 Å². The van der Waals surface area contributed by atoms with E-state index in [1.54, 1.807) is 6.92 Å². The van der Waals surface area contributed by atoms with E-state index in [9.17, 15) is 29.7 Å². The SMILES string of the molecule is CC(=O)C1C(=O)C2(C)C(O)C3C(=O)C4C(O)CCC(C5CCC(CN6CCN(C)CC6)O5)C4CC3(C)CC2(C)CC1O. The Kier molecular flexibility index (Phi) is 7.84. The standard InChI is InChI=1S/C33H52N2O7/c1-18(36)25-23(38)15-32(3)17-31(2)14-21-20(24-9-6-19(42-24)16-35-12-10-34(5)11-13-35)7-8-22(37)26(21)28(39)27(31)30(41)33(32,4)29(25)40/h19-27,30,37-38,41H,6-17H2,1-5H3. The maximum atomic E-state index is 14.4. The number of aliphatic hydroxyl groups excluding tert-OH is 3. The summed E-state index contributed by atoms with van der Waals surface area (Å²) in [6.07, 6.45) is 1.81. The van der Waals surface area contributed by atoms with Crippen molar-refractivity contribution < 1.29 is 34.4 Å². The third-order valence-corrected chi connectivity index (χ3v) is 13.2. The summed E-state index contributed by atoms with van der Waals surface area (Å²) in [4.78, 5) is 45.6. The van der Waals surface area contributed by atoms with E-state index in [1.165, 1.54) is 6.92 Å². The summed E-state index contributed by atoms with van der Waals surface area (Å²) in [6, 6.07) is 0. The summed E-state index contributed by atoms with van der Waals surface area (Å²) < 4.78 is 6.72. The highest BCUT2D eigenvalue weighted by atomic mass is 16.5. The zero-order valence-corrected chi connectivity index (χ0v) is 26.1. The summed E-state index contributed by atoms with van der Waals surface area (Å²) >= 11 is 0. The van der Waals surface area contributed by atoms with Crippen molar-refractivity contribution in [3.8, 4) is 0 Å². The number of piperazine rings is 1. The van der Waals surface area contributed by atoms with Crippen molar-refractivity contribution in [1.82, 2.24) is 9.80 Å². The molecule has 236 valence electrons. The van der Waals surface area contributed by atoms with E-state index in [-0.39, 0.29) is 36.2 Å². The van der Waals surface area contributed by atoms with Gasteiger partial charge in [0.2, 0.25) is 0 Å². The highest BCUT2D eigenvalue weighted by Gasteiger charge is 2.72. The number of hydrogen-bond acceptors (Lipinski definition) is 9. The average Bonchev–Trinajstić information content (AvgIpc) is 3.35. The molecule has 4 aliphatic carbocycles. The smallest absolute Gasteiger partial charge is 0.154 e. The van der Waals surface area contributed by atoms with Crippen molar-refractivity contribution in [2.75, 3.05) is 39.8 Å². The number of carbonyl (C=O) groups is 3. The Labute approximate surface area is 250 Å². The first kappa shape index (κ1) is 30.8. The molecule has 6 rings (SSSR count). The third-order valence-electron chi connectivity index (χ3n) is 13.2. The minimum Gasteiger partial charge on any atom is -0.392 e. The lowest BCUT2D eigenvalue weighted by molar-refractivity contribution is -0.228. The molecule has 9 nitrogen and oxygen atoms in total. The van der Waals surface area contributed by atoms with Crippen molar-refractivity contribution in [3.63, 3.8) is 0 Å². The molecule has 0 spiro atoms. The number of likely N-dealkylation sites (N-methyl/N-ethyl adjacent to an activating group) is 1. The van der Waals surface area contributed by atoms with Crippen molar-refractivity contribution in [1.29, 1.82) is 0 Å². The zero-order valence-electron chi connectivity index (χ0n) is 26.1. The Balaban J connectivity index is 1.25. The molecule has 2 aliphatic heterocycles. The number of carbonyl (C=O) groups excluding carboxylic acids is 3. The predicted molar refractivity (Wildman–Crippen MR) is 155 cm³/mol. The molecule has 42 heavy (non-hydrogen) atoms. The molecule has 0 bridgehead atoms. The molecular formula is C33H52N2O7. The lowest BCUT2D eigenvalue weighted by atomic mass is 9.37. The van der Waals surface area contributed by atoms with Crippen LogP contribution in [0.15, 0.2) is 0 Å². The summed E-state index contributed by atoms with van der Waals surface area (Å²) in [7, 11) is 2.16. The van der Waals surface area contributed by atoms with Gasteiger partial charge in [-0.3, -0.25) is 19.3 Å². The van der Waals surface area contributed by atoms with Gasteiger partial charge in [0, 0.05) is 38.6 Å². The van der Waals surface area contributed by atoms with Crippen molar-refractivity contribution >= 4 is 17.3 Å². The molecule has 13 atom stereocenters. The quantitative estimate of drug-likeness (QED) is 0.421. The number of aliphatic hydroxyl groups is 3. The molecule has 3 N–H and O–H groups in total. The Hall–Kier alpha value is -1.23. The van der Waals surface area contributed by atoms with Gasteiger partial charge in [-0.25, -0.2) is 0 Å². The van der Waals surface area contributed by atoms with E-state index >= 15 is 0 Å². The van der Waals surface area contributed by atoms with E-state index in [2.05, 4.69) is 23.8 Å². The molecule has 0 aromatic rings. The second-order valence-electron chi connectivity index (χ2n) is 15.8. The number of rotatable bonds is 4. The lowest BCUT2D eigenvalue weighted by Crippen LogP contribution is -2.72. The number of fused-ring (bicyclic) bond motifs is 3. The van der Waals surface area contributed by atoms with Gasteiger partial charge >= 0.3 is 0 Å². The molecule has 2 heterocycles. The van der Waals surface area contributed by atoms with Gasteiger partial charge in [-0.2, -0.15) is 0 Å². The van der Waals surface area contributed by atoms with E-state index < -0.39 is 63.9 Å². The fourth-order valence-corrected chi connectivity index (χ4v) is 10.9. The maximum Gasteiger partial charge on any atom is 0.154 e. The van der Waals surface area contributed by atoms with E-state index in [0.717, 1.165) is 52.0 Å². The molecule has 0 radical (unpaired) electrons. The monoisotopic (exact) mass is 588 g/mol. The normalized spacial score (nSPS) is 52.0. The summed E-state index contributed by atoms with van der Waals surface area (Å²) in [5.74, 6) is -3.44. The number of Topliss-reactive ketones (excluding diaryl/α,β-unsaturated/α-hetero) is 3. The minimum atomic E-state index is -1.33. The van der Waals surface area contributed by atoms with Crippen LogP contribution in [0, 0.1) is 45.8 Å². The number of ether oxygens (including phenoxy) is 1. The number of hydrogen-bond donors (Lipinski definition) is 3. The van der Waals surface area contributed by atoms with E-state index in [4.69, 9.17) is 4.74 Å². The Morgan fingerprint density at radius 2 is 1.62 bits per heavy atom. The summed E-state index contributed by atoms with van der Waals surface area (Å²) in [5.41, 5.74) is -2.70. The first-order chi connectivity index (χ1) is 19.7. The van der Waals surface area contributed by atoms with Crippen LogP contribution < -0.4 is 0 Å². The Morgan fingerprint density at radius 1 is 0.929 bits per heavy atom. The van der Waals surface area contributed by atoms with Gasteiger partial charge in [-0.1, -0.05) is 13.8 Å². The predicted octanol–water partition coefficient (Wildman–Crippen LogP) is 1.70. The fraction of sp³-hybridized carbons (Fsp3) is 0.909. The van der Waals surface area contributed by atoms with Crippen molar-refractivity contribution in [2.45, 2.75) is 103 Å². The molecule has 4 saturated carbocycles. The molecule has 6 aliphatic rings. The molecule has 0 aromatic heterocycles. The van der Waals surface area contributed by atoms with Crippen LogP contribution in [0.5, 0.6) is 0 Å². The van der Waals surface area contributed by atoms with E-state index in [1.807, 2.05) is 6.92 Å². The lowest BCUT2D eigenvalue weighted by Gasteiger charge is -2.66. The topological polar surface area (TPSA) is 128 Å². The van der Waals surface area contributed by atoms with Gasteiger partial charge < -0.3 is 25.0 Å². The van der Waals surface area contributed by atoms with Crippen LogP contribution in [-0.4, -0.2) is 113 Å². The van der Waals surface area contributed by atoms with Gasteiger partial charge in [0.25, 0.3) is 0 Å². The summed E-state index contributed by atoms with van der Waals surface area (Å²) in [5, 5.41) is 34.2. The van der Waals surface area contributed by atoms with Gasteiger partial charge in [-0.15, -0.1) is 0 Å². The van der Waals surface area contributed by atoms with Crippen LogP contribution in [0.4, 0.5) is 0 Å². The first-order valence-electron chi connectivity index (χ1n) is 16.4. The van der Waals surface area contributed by atoms with Crippen LogP contribution in [0.25, 0.3) is 0 Å². The molecule has 13 unspecified atom stereocenters. The van der Waals surface area contributed by atoms with Gasteiger partial charge in [-0.05, 0) is 88.5 Å². The number of ketones is 3. The van der Waals surface area contributed by atoms with Crippen LogP contribution in [-0.2, 0) is 19.1 Å². The van der Waals surface area contributed by atoms with Gasteiger partial charge in [0.1, 0.15) is 17.5 Å². The molecule has 2 saturated heterocycles. The highest BCUT2D eigenvalue weighted by molar-refractivity contribution is 6.06. The first-order valence-corrected chi connectivity index (χ1v) is 16.4. The van der Waals surface area contributed by atoms with Crippen molar-refractivity contribution in [3.05, 3.63) is 0 Å². The minimum absolute atomic E-state index is 0.0516. The molecular weight excluding hydrogens is 536 g/mol. The van der Waals surface area contributed by atoms with Crippen LogP contribution in [0.3, 0.4) is 0 Å². The van der Waals surface area contributed by atoms with Crippen LogP contribution in [0.1, 0.15) is 72.6 Å². The molecule has 0 aromatic carbocycles. The van der Waals surface area contributed by atoms with Gasteiger partial charge in [0.05, 0.1) is 41.9 Å². The Bertz CT molecular complexity index is 1110. The second kappa shape index (κ2) is 10.7. The maximum absolute atomic E-state index is 14.4. The fourth-order valence-electron chi connectivity index (χ4n) is 10.9. The largest absolute Gasteiger partial charge is 0.392 e. The van der Waals surface area contributed by atoms with Gasteiger partial charge in [0.15, 0.2) is 5.78 Å². The van der Waals surface area contributed by atoms with E-state index in [0.29, 0.717) is 19.3 Å². The van der Waals surface area contributed by atoms with Crippen LogP contribution >= 0.6 is 0 Å². The Morgan fingerprint density at radius 3 is 2.29 bits per heavy atom. The highest BCUT2D eigenvalue weighted by Crippen LogP contribution is 2.68. The number of nitrogens with zero attached hydrogens (tertiary/aromatic N) is 2. The molecule has 0 amide bonds. The second-order valence-corrected chi connectivity index (χ2v) is 15.8. The molecule has 6 fully saturated rings. The van der Waals surface area contributed by atoms with Crippen molar-refractivity contribution in [2.24, 2.45) is 45.8 Å².